The summed E-state index contributed by atoms with van der Waals surface area (Å²) in [6.07, 6.45) is 0. The van der Waals surface area contributed by atoms with Crippen LogP contribution in [0.2, 0.25) is 0 Å². The number of hydrogen-bond donors (Lipinski definition) is 3. The maximum Gasteiger partial charge on any atom is 0.279 e. The minimum atomic E-state index is -3.58. The van der Waals surface area contributed by atoms with E-state index in [2.05, 4.69) is 4.72 Å². The molecular weight excluding hydrogens is 220 g/mol. The second-order valence-electron chi connectivity index (χ2n) is 3.59. The SMILES string of the molecule is CC(C)CNS(=O)(=O)N(CCO)CCO. The molecule has 0 bridgehead atoms. The van der Waals surface area contributed by atoms with Gasteiger partial charge in [-0.25, -0.2) is 4.72 Å². The Bertz CT molecular complexity index is 247. The Kier molecular flexibility index (Phi) is 7.03. The standard InChI is InChI=1S/C8H20N2O4S/c1-8(2)7-9-15(13,14)10(3-5-11)4-6-12/h8-9,11-12H,3-7H2,1-2H3. The van der Waals surface area contributed by atoms with E-state index in [-0.39, 0.29) is 32.2 Å². The van der Waals surface area contributed by atoms with E-state index >= 15 is 0 Å². The lowest BCUT2D eigenvalue weighted by atomic mass is 10.2. The van der Waals surface area contributed by atoms with Crippen molar-refractivity contribution in [3.05, 3.63) is 0 Å². The summed E-state index contributed by atoms with van der Waals surface area (Å²) in [6, 6.07) is 0. The van der Waals surface area contributed by atoms with Crippen LogP contribution in [-0.2, 0) is 10.2 Å². The number of nitrogens with zero attached hydrogens (tertiary/aromatic N) is 1. The summed E-state index contributed by atoms with van der Waals surface area (Å²) in [5.74, 6) is 0.213. The Morgan fingerprint density at radius 1 is 1.20 bits per heavy atom. The maximum atomic E-state index is 11.6. The molecule has 0 rings (SSSR count). The van der Waals surface area contributed by atoms with E-state index in [1.165, 1.54) is 0 Å². The zero-order chi connectivity index (χ0) is 11.9. The Morgan fingerprint density at radius 2 is 1.67 bits per heavy atom. The highest BCUT2D eigenvalue weighted by atomic mass is 32.2. The fourth-order valence-electron chi connectivity index (χ4n) is 0.938. The summed E-state index contributed by atoms with van der Waals surface area (Å²) in [5, 5.41) is 17.4. The largest absolute Gasteiger partial charge is 0.395 e. The number of hydrogen-bond acceptors (Lipinski definition) is 4. The molecule has 0 atom stereocenters. The summed E-state index contributed by atoms with van der Waals surface area (Å²) in [5.41, 5.74) is 0. The summed E-state index contributed by atoms with van der Waals surface area (Å²) in [4.78, 5) is 0. The van der Waals surface area contributed by atoms with Crippen LogP contribution in [0, 0.1) is 5.92 Å². The smallest absolute Gasteiger partial charge is 0.279 e. The summed E-state index contributed by atoms with van der Waals surface area (Å²) >= 11 is 0. The van der Waals surface area contributed by atoms with Gasteiger partial charge in [0.1, 0.15) is 0 Å². The van der Waals surface area contributed by atoms with Gasteiger partial charge in [0.25, 0.3) is 10.2 Å². The van der Waals surface area contributed by atoms with Crippen LogP contribution in [0.4, 0.5) is 0 Å². The van der Waals surface area contributed by atoms with Crippen LogP contribution in [-0.4, -0.2) is 55.8 Å². The number of rotatable bonds is 8. The lowest BCUT2D eigenvalue weighted by Crippen LogP contribution is -2.44. The molecule has 0 heterocycles. The predicted octanol–water partition coefficient (Wildman–Crippen LogP) is -1.24. The number of aliphatic hydroxyl groups excluding tert-OH is 2. The molecule has 0 unspecified atom stereocenters. The van der Waals surface area contributed by atoms with Gasteiger partial charge in [-0.3, -0.25) is 0 Å². The summed E-state index contributed by atoms with van der Waals surface area (Å²) in [7, 11) is -3.58. The minimum absolute atomic E-state index is 0.00596. The van der Waals surface area contributed by atoms with Crippen molar-refractivity contribution >= 4 is 10.2 Å². The second-order valence-corrected chi connectivity index (χ2v) is 5.35. The molecule has 7 heteroatoms. The molecular formula is C8H20N2O4S. The van der Waals surface area contributed by atoms with E-state index in [0.29, 0.717) is 6.54 Å². The van der Waals surface area contributed by atoms with Crippen molar-refractivity contribution in [2.75, 3.05) is 32.8 Å². The Hall–Kier alpha value is -0.210. The summed E-state index contributed by atoms with van der Waals surface area (Å²) < 4.78 is 26.6. The van der Waals surface area contributed by atoms with Crippen molar-refractivity contribution in [2.45, 2.75) is 13.8 Å². The van der Waals surface area contributed by atoms with Gasteiger partial charge < -0.3 is 10.2 Å². The zero-order valence-corrected chi connectivity index (χ0v) is 10.00. The quantitative estimate of drug-likeness (QED) is 0.495. The molecule has 0 amide bonds. The van der Waals surface area contributed by atoms with Crippen molar-refractivity contribution in [3.8, 4) is 0 Å². The highest BCUT2D eigenvalue weighted by Gasteiger charge is 2.20. The highest BCUT2D eigenvalue weighted by Crippen LogP contribution is 1.98. The normalized spacial score (nSPS) is 12.7. The first-order valence-corrected chi connectivity index (χ1v) is 6.34. The van der Waals surface area contributed by atoms with E-state index in [1.54, 1.807) is 0 Å². The fourth-order valence-corrected chi connectivity index (χ4v) is 2.31. The van der Waals surface area contributed by atoms with Crippen molar-refractivity contribution in [1.29, 1.82) is 0 Å². The molecule has 0 aromatic carbocycles. The first-order chi connectivity index (χ1) is 6.94. The molecule has 0 radical (unpaired) electrons. The molecule has 0 aromatic heterocycles. The van der Waals surface area contributed by atoms with Gasteiger partial charge in [-0.1, -0.05) is 13.8 Å². The van der Waals surface area contributed by atoms with Crippen molar-refractivity contribution in [2.24, 2.45) is 5.92 Å². The molecule has 0 saturated heterocycles. The second kappa shape index (κ2) is 7.13. The highest BCUT2D eigenvalue weighted by molar-refractivity contribution is 7.87. The van der Waals surface area contributed by atoms with Crippen molar-refractivity contribution in [3.63, 3.8) is 0 Å². The van der Waals surface area contributed by atoms with Crippen LogP contribution < -0.4 is 4.72 Å². The van der Waals surface area contributed by atoms with Gasteiger partial charge in [0, 0.05) is 19.6 Å². The monoisotopic (exact) mass is 240 g/mol. The van der Waals surface area contributed by atoms with Crippen LogP contribution >= 0.6 is 0 Å². The van der Waals surface area contributed by atoms with E-state index in [4.69, 9.17) is 10.2 Å². The van der Waals surface area contributed by atoms with Crippen LogP contribution in [0.15, 0.2) is 0 Å². The maximum absolute atomic E-state index is 11.6. The molecule has 15 heavy (non-hydrogen) atoms. The molecule has 6 nitrogen and oxygen atoms in total. The lowest BCUT2D eigenvalue weighted by molar-refractivity contribution is 0.216. The van der Waals surface area contributed by atoms with Gasteiger partial charge in [0.05, 0.1) is 13.2 Å². The molecule has 0 aliphatic heterocycles. The van der Waals surface area contributed by atoms with Crippen LogP contribution in [0.1, 0.15) is 13.8 Å². The molecule has 0 fully saturated rings. The van der Waals surface area contributed by atoms with Gasteiger partial charge in [0.15, 0.2) is 0 Å². The fraction of sp³-hybridized carbons (Fsp3) is 1.00. The third-order valence-electron chi connectivity index (χ3n) is 1.71. The summed E-state index contributed by atoms with van der Waals surface area (Å²) in [6.45, 7) is 3.60. The van der Waals surface area contributed by atoms with E-state index in [0.717, 1.165) is 4.31 Å². The van der Waals surface area contributed by atoms with Crippen LogP contribution in [0.3, 0.4) is 0 Å². The van der Waals surface area contributed by atoms with Gasteiger partial charge in [0.2, 0.25) is 0 Å². The molecule has 3 N–H and O–H groups in total. The number of nitrogens with one attached hydrogen (secondary N) is 1. The Morgan fingerprint density at radius 3 is 2.00 bits per heavy atom. The van der Waals surface area contributed by atoms with Gasteiger partial charge in [-0.15, -0.1) is 0 Å². The van der Waals surface area contributed by atoms with Crippen LogP contribution in [0.25, 0.3) is 0 Å². The molecule has 0 saturated carbocycles. The predicted molar refractivity (Wildman–Crippen MR) is 57.5 cm³/mol. The molecule has 0 aliphatic carbocycles. The topological polar surface area (TPSA) is 89.9 Å². The average Bonchev–Trinajstić information content (AvgIpc) is 2.15. The molecule has 92 valence electrons. The molecule has 0 spiro atoms. The lowest BCUT2D eigenvalue weighted by Gasteiger charge is -2.21. The zero-order valence-electron chi connectivity index (χ0n) is 9.18. The average molecular weight is 240 g/mol. The number of aliphatic hydroxyl groups is 2. The minimum Gasteiger partial charge on any atom is -0.395 e. The van der Waals surface area contributed by atoms with Crippen molar-refractivity contribution < 1.29 is 18.6 Å². The third-order valence-corrected chi connectivity index (χ3v) is 3.29. The van der Waals surface area contributed by atoms with E-state index in [9.17, 15) is 8.42 Å². The third kappa shape index (κ3) is 6.06. The van der Waals surface area contributed by atoms with E-state index in [1.807, 2.05) is 13.8 Å². The van der Waals surface area contributed by atoms with Crippen molar-refractivity contribution in [1.82, 2.24) is 9.03 Å². The van der Waals surface area contributed by atoms with Crippen LogP contribution in [0.5, 0.6) is 0 Å². The Balaban J connectivity index is 4.35. The first-order valence-electron chi connectivity index (χ1n) is 4.90. The van der Waals surface area contributed by atoms with Gasteiger partial charge in [-0.2, -0.15) is 12.7 Å². The van der Waals surface area contributed by atoms with Gasteiger partial charge >= 0.3 is 0 Å². The first kappa shape index (κ1) is 14.8. The molecule has 0 aliphatic rings. The Labute approximate surface area is 91.1 Å². The van der Waals surface area contributed by atoms with E-state index < -0.39 is 10.2 Å². The van der Waals surface area contributed by atoms with Gasteiger partial charge in [-0.05, 0) is 5.92 Å². The molecule has 0 aromatic rings.